The predicted molar refractivity (Wildman–Crippen MR) is 113 cm³/mol. The number of imide groups is 1. The normalized spacial score (nSPS) is 14.4. The molecule has 2 aromatic rings. The van der Waals surface area contributed by atoms with E-state index in [0.717, 1.165) is 4.90 Å². The summed E-state index contributed by atoms with van der Waals surface area (Å²) in [4.78, 5) is 53.1. The summed E-state index contributed by atoms with van der Waals surface area (Å²) in [6.45, 7) is 4.28. The SMILES string of the molecule is CC(C)(C)OC(=O)CN(C(=O)CN1C(=O)c2ccccc2C1=O)c1ccc2c(c1)OCO2. The fourth-order valence-electron chi connectivity index (χ4n) is 3.48. The van der Waals surface area contributed by atoms with Crippen LogP contribution in [-0.4, -0.2) is 54.1 Å². The van der Waals surface area contributed by atoms with Gasteiger partial charge < -0.3 is 14.2 Å². The topological polar surface area (TPSA) is 102 Å². The van der Waals surface area contributed by atoms with Crippen LogP contribution in [0.25, 0.3) is 0 Å². The number of carbonyl (C=O) groups is 4. The summed E-state index contributed by atoms with van der Waals surface area (Å²) in [5.41, 5.74) is 0.0873. The quantitative estimate of drug-likeness (QED) is 0.522. The van der Waals surface area contributed by atoms with Crippen LogP contribution in [0.5, 0.6) is 11.5 Å². The molecule has 166 valence electrons. The van der Waals surface area contributed by atoms with E-state index < -0.39 is 42.4 Å². The van der Waals surface area contributed by atoms with Crippen molar-refractivity contribution in [1.82, 2.24) is 4.90 Å². The smallest absolute Gasteiger partial charge is 0.326 e. The molecule has 0 aliphatic carbocycles. The molecule has 0 aromatic heterocycles. The molecule has 2 aromatic carbocycles. The molecule has 0 saturated heterocycles. The van der Waals surface area contributed by atoms with Crippen molar-refractivity contribution in [1.29, 1.82) is 0 Å². The lowest BCUT2D eigenvalue weighted by Crippen LogP contribution is -2.45. The van der Waals surface area contributed by atoms with E-state index in [1.165, 1.54) is 17.0 Å². The number of nitrogens with zero attached hydrogens (tertiary/aromatic N) is 2. The van der Waals surface area contributed by atoms with E-state index in [2.05, 4.69) is 0 Å². The largest absolute Gasteiger partial charge is 0.459 e. The number of carbonyl (C=O) groups excluding carboxylic acids is 4. The molecule has 2 aliphatic rings. The Balaban J connectivity index is 1.59. The van der Waals surface area contributed by atoms with Crippen LogP contribution in [0.2, 0.25) is 0 Å². The minimum atomic E-state index is -0.747. The average molecular weight is 438 g/mol. The van der Waals surface area contributed by atoms with Crippen molar-refractivity contribution in [2.45, 2.75) is 26.4 Å². The first kappa shape index (κ1) is 21.4. The molecule has 2 aliphatic heterocycles. The van der Waals surface area contributed by atoms with E-state index in [0.29, 0.717) is 17.2 Å². The maximum atomic E-state index is 13.2. The lowest BCUT2D eigenvalue weighted by molar-refractivity contribution is -0.153. The average Bonchev–Trinajstić information content (AvgIpc) is 3.29. The summed E-state index contributed by atoms with van der Waals surface area (Å²) in [6, 6.07) is 11.2. The zero-order valence-corrected chi connectivity index (χ0v) is 17.9. The zero-order chi connectivity index (χ0) is 23.0. The molecule has 0 unspecified atom stereocenters. The highest BCUT2D eigenvalue weighted by Gasteiger charge is 2.38. The van der Waals surface area contributed by atoms with E-state index in [4.69, 9.17) is 14.2 Å². The molecule has 0 bridgehead atoms. The van der Waals surface area contributed by atoms with Crippen LogP contribution in [0, 0.1) is 0 Å². The van der Waals surface area contributed by atoms with Crippen LogP contribution in [0.3, 0.4) is 0 Å². The molecule has 0 fully saturated rings. The third-order valence-electron chi connectivity index (χ3n) is 4.85. The van der Waals surface area contributed by atoms with Crippen LogP contribution in [-0.2, 0) is 14.3 Å². The lowest BCUT2D eigenvalue weighted by Gasteiger charge is -2.26. The van der Waals surface area contributed by atoms with E-state index >= 15 is 0 Å². The van der Waals surface area contributed by atoms with Crippen molar-refractivity contribution in [2.75, 3.05) is 24.8 Å². The summed E-state index contributed by atoms with van der Waals surface area (Å²) < 4.78 is 16.0. The highest BCUT2D eigenvalue weighted by atomic mass is 16.7. The van der Waals surface area contributed by atoms with Gasteiger partial charge in [0, 0.05) is 11.8 Å². The minimum absolute atomic E-state index is 0.0494. The Morgan fingerprint density at radius 2 is 1.62 bits per heavy atom. The lowest BCUT2D eigenvalue weighted by atomic mass is 10.1. The monoisotopic (exact) mass is 438 g/mol. The van der Waals surface area contributed by atoms with Gasteiger partial charge in [-0.2, -0.15) is 0 Å². The van der Waals surface area contributed by atoms with Crippen molar-refractivity contribution >= 4 is 29.4 Å². The Bertz CT molecular complexity index is 1080. The van der Waals surface area contributed by atoms with Crippen molar-refractivity contribution in [3.63, 3.8) is 0 Å². The summed E-state index contributed by atoms with van der Waals surface area (Å²) in [6.07, 6.45) is 0. The molecule has 0 radical (unpaired) electrons. The molecule has 9 heteroatoms. The molecule has 32 heavy (non-hydrogen) atoms. The first-order valence-corrected chi connectivity index (χ1v) is 10.0. The van der Waals surface area contributed by atoms with Gasteiger partial charge in [-0.25, -0.2) is 0 Å². The van der Waals surface area contributed by atoms with Gasteiger partial charge in [-0.05, 0) is 45.0 Å². The second-order valence-corrected chi connectivity index (χ2v) is 8.35. The molecule has 9 nitrogen and oxygen atoms in total. The number of fused-ring (bicyclic) bond motifs is 2. The summed E-state index contributed by atoms with van der Waals surface area (Å²) >= 11 is 0. The van der Waals surface area contributed by atoms with Gasteiger partial charge in [0.15, 0.2) is 11.5 Å². The van der Waals surface area contributed by atoms with Crippen molar-refractivity contribution < 1.29 is 33.4 Å². The molecule has 0 saturated carbocycles. The van der Waals surface area contributed by atoms with Crippen LogP contribution >= 0.6 is 0 Å². The van der Waals surface area contributed by atoms with Gasteiger partial charge in [-0.3, -0.25) is 29.0 Å². The first-order valence-electron chi connectivity index (χ1n) is 10.0. The van der Waals surface area contributed by atoms with Gasteiger partial charge in [0.2, 0.25) is 12.7 Å². The third-order valence-corrected chi connectivity index (χ3v) is 4.85. The highest BCUT2D eigenvalue weighted by molar-refractivity contribution is 6.22. The zero-order valence-electron chi connectivity index (χ0n) is 17.9. The van der Waals surface area contributed by atoms with E-state index in [1.807, 2.05) is 0 Å². The summed E-state index contributed by atoms with van der Waals surface area (Å²) in [5, 5.41) is 0. The Hall–Kier alpha value is -3.88. The second kappa shape index (κ2) is 7.99. The Labute approximate surface area is 184 Å². The Morgan fingerprint density at radius 3 is 2.25 bits per heavy atom. The number of amides is 3. The number of rotatable bonds is 5. The molecule has 4 rings (SSSR count). The van der Waals surface area contributed by atoms with Crippen molar-refractivity contribution in [3.8, 4) is 11.5 Å². The molecular weight excluding hydrogens is 416 g/mol. The van der Waals surface area contributed by atoms with Gasteiger partial charge in [0.1, 0.15) is 18.7 Å². The molecule has 3 amide bonds. The molecule has 2 heterocycles. The van der Waals surface area contributed by atoms with Crippen LogP contribution in [0.4, 0.5) is 5.69 Å². The van der Waals surface area contributed by atoms with E-state index in [9.17, 15) is 19.2 Å². The second-order valence-electron chi connectivity index (χ2n) is 8.35. The number of hydrogen-bond acceptors (Lipinski definition) is 7. The van der Waals surface area contributed by atoms with Gasteiger partial charge >= 0.3 is 5.97 Å². The van der Waals surface area contributed by atoms with Crippen LogP contribution in [0.1, 0.15) is 41.5 Å². The predicted octanol–water partition coefficient (Wildman–Crippen LogP) is 2.39. The summed E-state index contributed by atoms with van der Waals surface area (Å²) in [7, 11) is 0. The highest BCUT2D eigenvalue weighted by Crippen LogP contribution is 2.35. The fraction of sp³-hybridized carbons (Fsp3) is 0.304. The van der Waals surface area contributed by atoms with Crippen molar-refractivity contribution in [3.05, 3.63) is 53.6 Å². The van der Waals surface area contributed by atoms with Gasteiger partial charge in [0.25, 0.3) is 11.8 Å². The third kappa shape index (κ3) is 4.14. The summed E-state index contributed by atoms with van der Waals surface area (Å²) in [5.74, 6) is -1.43. The molecular formula is C23H22N2O7. The number of anilines is 1. The first-order chi connectivity index (χ1) is 15.1. The Kier molecular flexibility index (Phi) is 5.33. The van der Waals surface area contributed by atoms with E-state index in [1.54, 1.807) is 51.1 Å². The number of ether oxygens (including phenoxy) is 3. The number of esters is 1. The van der Waals surface area contributed by atoms with Gasteiger partial charge in [-0.15, -0.1) is 0 Å². The van der Waals surface area contributed by atoms with Crippen molar-refractivity contribution in [2.24, 2.45) is 0 Å². The van der Waals surface area contributed by atoms with Crippen LogP contribution < -0.4 is 14.4 Å². The number of benzene rings is 2. The minimum Gasteiger partial charge on any atom is -0.459 e. The maximum Gasteiger partial charge on any atom is 0.326 e. The fourth-order valence-corrected chi connectivity index (χ4v) is 3.48. The van der Waals surface area contributed by atoms with Gasteiger partial charge in [-0.1, -0.05) is 12.1 Å². The number of hydrogen-bond donors (Lipinski definition) is 0. The van der Waals surface area contributed by atoms with E-state index in [-0.39, 0.29) is 17.9 Å². The molecule has 0 atom stereocenters. The Morgan fingerprint density at radius 1 is 1.00 bits per heavy atom. The van der Waals surface area contributed by atoms with Crippen LogP contribution in [0.15, 0.2) is 42.5 Å². The molecule has 0 N–H and O–H groups in total. The van der Waals surface area contributed by atoms with Gasteiger partial charge in [0.05, 0.1) is 11.1 Å². The standard InChI is InChI=1S/C23H22N2O7/c1-23(2,3)32-20(27)12-24(14-8-9-17-18(10-14)31-13-30-17)19(26)11-25-21(28)15-6-4-5-7-16(15)22(25)29/h4-10H,11-13H2,1-3H3. The maximum absolute atomic E-state index is 13.2. The molecule has 0 spiro atoms.